The lowest BCUT2D eigenvalue weighted by Crippen LogP contribution is -2.49. The Kier molecular flexibility index (Phi) is 32.6. The molecule has 0 N–H and O–H groups in total. The molecule has 0 aromatic carbocycles. The van der Waals surface area contributed by atoms with Gasteiger partial charge in [0.15, 0.2) is 0 Å². The molecule has 2 heterocycles. The molecule has 0 bridgehead atoms. The van der Waals surface area contributed by atoms with Gasteiger partial charge in [0.25, 0.3) is 0 Å². The van der Waals surface area contributed by atoms with E-state index in [0.29, 0.717) is 6.61 Å². The first-order chi connectivity index (χ1) is 26.3. The Bertz CT molecular complexity index is 1010. The van der Waals surface area contributed by atoms with Crippen molar-refractivity contribution in [3.05, 3.63) is 73.0 Å². The maximum Gasteiger partial charge on any atom is 0.128 e. The van der Waals surface area contributed by atoms with Gasteiger partial charge < -0.3 is 14.4 Å². The van der Waals surface area contributed by atoms with Gasteiger partial charge in [0.1, 0.15) is 5.82 Å². The van der Waals surface area contributed by atoms with E-state index in [-0.39, 0.29) is 6.10 Å². The van der Waals surface area contributed by atoms with Crippen LogP contribution in [0.4, 0.5) is 5.82 Å². The number of anilines is 1. The van der Waals surface area contributed by atoms with Crippen molar-refractivity contribution in [3.8, 4) is 0 Å². The molecule has 5 heteroatoms. The summed E-state index contributed by atoms with van der Waals surface area (Å²) in [7, 11) is 0. The zero-order valence-corrected chi connectivity index (χ0v) is 34.8. The fraction of sp³-hybridized carbons (Fsp3) is 0.729. The van der Waals surface area contributed by atoms with Gasteiger partial charge in [-0.3, -0.25) is 4.90 Å². The number of aromatic nitrogens is 1. The number of nitrogens with zero attached hydrogens (tertiary/aromatic N) is 3. The van der Waals surface area contributed by atoms with Crippen LogP contribution in [0, 0.1) is 0 Å². The Balaban J connectivity index is 1.54. The van der Waals surface area contributed by atoms with Crippen LogP contribution < -0.4 is 4.90 Å². The van der Waals surface area contributed by atoms with Crippen LogP contribution in [0.3, 0.4) is 0 Å². The third kappa shape index (κ3) is 28.8. The molecular formula is C48H83N3O2. The standard InChI is InChI=1S/C48H83N3O2/c1-3-5-7-9-11-13-15-17-19-21-23-25-27-29-31-35-43-52-46-47(45-50-39-41-51(42-40-50)48-37-33-34-38-49-48)53-44-36-32-30-28-26-24-22-20-18-16-14-12-10-8-6-4-2/h11-14,17-20,33-34,37-38,47H,3-10,15-16,21-32,35-36,39-46H2,1-2H3/b13-11-,14-12-,19-17-,20-18-. The lowest BCUT2D eigenvalue weighted by Gasteiger charge is -2.37. The highest BCUT2D eigenvalue weighted by atomic mass is 16.5. The van der Waals surface area contributed by atoms with E-state index in [2.05, 4.69) is 89.4 Å². The minimum atomic E-state index is 0.152. The van der Waals surface area contributed by atoms with Crippen LogP contribution in [-0.4, -0.2) is 68.5 Å². The average Bonchev–Trinajstić information content (AvgIpc) is 3.19. The third-order valence-corrected chi connectivity index (χ3v) is 10.3. The lowest BCUT2D eigenvalue weighted by atomic mass is 10.1. The Hall–Kier alpha value is -2.21. The van der Waals surface area contributed by atoms with E-state index < -0.39 is 0 Å². The summed E-state index contributed by atoms with van der Waals surface area (Å²) in [6, 6.07) is 6.20. The zero-order chi connectivity index (χ0) is 37.5. The molecule has 0 saturated carbocycles. The van der Waals surface area contributed by atoms with Gasteiger partial charge in [-0.1, -0.05) is 146 Å². The number of ether oxygens (including phenoxy) is 2. The van der Waals surface area contributed by atoms with Gasteiger partial charge in [-0.2, -0.15) is 0 Å². The van der Waals surface area contributed by atoms with Crippen molar-refractivity contribution in [2.45, 2.75) is 174 Å². The van der Waals surface area contributed by atoms with Crippen molar-refractivity contribution >= 4 is 5.82 Å². The Morgan fingerprint density at radius 3 is 1.57 bits per heavy atom. The highest BCUT2D eigenvalue weighted by Crippen LogP contribution is 2.15. The monoisotopic (exact) mass is 734 g/mol. The van der Waals surface area contributed by atoms with Gasteiger partial charge >= 0.3 is 0 Å². The van der Waals surface area contributed by atoms with Crippen molar-refractivity contribution < 1.29 is 9.47 Å². The molecule has 2 rings (SSSR count). The summed E-state index contributed by atoms with van der Waals surface area (Å²) in [6.45, 7) is 12.0. The lowest BCUT2D eigenvalue weighted by molar-refractivity contribution is -0.0349. The fourth-order valence-electron chi connectivity index (χ4n) is 6.89. The van der Waals surface area contributed by atoms with Crippen molar-refractivity contribution in [2.75, 3.05) is 57.4 Å². The molecule has 1 aromatic heterocycles. The number of piperazine rings is 1. The first-order valence-corrected chi connectivity index (χ1v) is 22.5. The third-order valence-electron chi connectivity index (χ3n) is 10.3. The van der Waals surface area contributed by atoms with Gasteiger partial charge in [-0.15, -0.1) is 0 Å². The van der Waals surface area contributed by atoms with Crippen LogP contribution in [-0.2, 0) is 9.47 Å². The van der Waals surface area contributed by atoms with E-state index in [4.69, 9.17) is 9.47 Å². The second-order valence-corrected chi connectivity index (χ2v) is 15.2. The number of unbranched alkanes of at least 4 members (excludes halogenated alkanes) is 18. The summed E-state index contributed by atoms with van der Waals surface area (Å²) in [5, 5.41) is 0. The quantitative estimate of drug-likeness (QED) is 0.0507. The molecule has 1 atom stereocenters. The van der Waals surface area contributed by atoms with Gasteiger partial charge in [-0.05, 0) is 89.2 Å². The normalized spacial score (nSPS) is 14.9. The second kappa shape index (κ2) is 36.8. The largest absolute Gasteiger partial charge is 0.379 e. The molecule has 0 spiro atoms. The predicted octanol–water partition coefficient (Wildman–Crippen LogP) is 13.2. The molecule has 302 valence electrons. The van der Waals surface area contributed by atoms with Crippen molar-refractivity contribution in [1.29, 1.82) is 0 Å². The second-order valence-electron chi connectivity index (χ2n) is 15.2. The highest BCUT2D eigenvalue weighted by molar-refractivity contribution is 5.38. The summed E-state index contributed by atoms with van der Waals surface area (Å²) < 4.78 is 12.7. The van der Waals surface area contributed by atoms with Gasteiger partial charge in [-0.25, -0.2) is 4.98 Å². The Labute approximate surface area is 328 Å². The predicted molar refractivity (Wildman–Crippen MR) is 232 cm³/mol. The van der Waals surface area contributed by atoms with Crippen LogP contribution in [0.15, 0.2) is 73.0 Å². The zero-order valence-electron chi connectivity index (χ0n) is 34.8. The van der Waals surface area contributed by atoms with Crippen LogP contribution in [0.1, 0.15) is 168 Å². The molecule has 1 fully saturated rings. The Morgan fingerprint density at radius 2 is 1.06 bits per heavy atom. The summed E-state index contributed by atoms with van der Waals surface area (Å²) in [5.41, 5.74) is 0. The molecule has 0 aliphatic carbocycles. The maximum absolute atomic E-state index is 6.49. The fourth-order valence-corrected chi connectivity index (χ4v) is 6.89. The molecule has 1 saturated heterocycles. The van der Waals surface area contributed by atoms with Crippen LogP contribution in [0.5, 0.6) is 0 Å². The average molecular weight is 734 g/mol. The van der Waals surface area contributed by atoms with Crippen molar-refractivity contribution in [3.63, 3.8) is 0 Å². The first kappa shape index (κ1) is 46.9. The molecular weight excluding hydrogens is 651 g/mol. The number of rotatable bonds is 36. The van der Waals surface area contributed by atoms with E-state index >= 15 is 0 Å². The van der Waals surface area contributed by atoms with Crippen LogP contribution in [0.2, 0.25) is 0 Å². The summed E-state index contributed by atoms with van der Waals surface area (Å²) in [5.74, 6) is 1.09. The van der Waals surface area contributed by atoms with Crippen molar-refractivity contribution in [1.82, 2.24) is 9.88 Å². The number of hydrogen-bond donors (Lipinski definition) is 0. The molecule has 0 amide bonds. The molecule has 1 aliphatic rings. The van der Waals surface area contributed by atoms with E-state index in [1.807, 2.05) is 12.3 Å². The summed E-state index contributed by atoms with van der Waals surface area (Å²) in [6.07, 6.45) is 51.4. The van der Waals surface area contributed by atoms with E-state index in [0.717, 1.165) is 77.4 Å². The van der Waals surface area contributed by atoms with Crippen molar-refractivity contribution in [2.24, 2.45) is 0 Å². The van der Waals surface area contributed by atoms with E-state index in [9.17, 15) is 0 Å². The minimum Gasteiger partial charge on any atom is -0.379 e. The molecule has 5 nitrogen and oxygen atoms in total. The smallest absolute Gasteiger partial charge is 0.128 e. The van der Waals surface area contributed by atoms with Gasteiger partial charge in [0.2, 0.25) is 0 Å². The Morgan fingerprint density at radius 1 is 0.566 bits per heavy atom. The first-order valence-electron chi connectivity index (χ1n) is 22.5. The molecule has 0 radical (unpaired) electrons. The highest BCUT2D eigenvalue weighted by Gasteiger charge is 2.21. The topological polar surface area (TPSA) is 37.8 Å². The number of pyridine rings is 1. The molecule has 53 heavy (non-hydrogen) atoms. The number of hydrogen-bond acceptors (Lipinski definition) is 5. The van der Waals surface area contributed by atoms with E-state index in [1.165, 1.54) is 128 Å². The summed E-state index contributed by atoms with van der Waals surface area (Å²) >= 11 is 0. The molecule has 1 unspecified atom stereocenters. The van der Waals surface area contributed by atoms with Crippen LogP contribution in [0.25, 0.3) is 0 Å². The number of allylic oxidation sites excluding steroid dienone is 8. The maximum atomic E-state index is 6.49. The van der Waals surface area contributed by atoms with Gasteiger partial charge in [0, 0.05) is 52.1 Å². The molecule has 1 aromatic rings. The SMILES string of the molecule is CCCCC/C=C\C/C=C\CCCCCCCCOCC(CN1CCN(c2ccccn2)CC1)OCCCCCCCC/C=C\C/C=C\CCCCC. The minimum absolute atomic E-state index is 0.152. The van der Waals surface area contributed by atoms with Crippen LogP contribution >= 0.6 is 0 Å². The van der Waals surface area contributed by atoms with Gasteiger partial charge in [0.05, 0.1) is 12.7 Å². The van der Waals surface area contributed by atoms with E-state index in [1.54, 1.807) is 0 Å². The molecule has 1 aliphatic heterocycles. The summed E-state index contributed by atoms with van der Waals surface area (Å²) in [4.78, 5) is 9.52.